The Labute approximate surface area is 98.0 Å². The lowest BCUT2D eigenvalue weighted by Gasteiger charge is -2.24. The van der Waals surface area contributed by atoms with Crippen LogP contribution in [0.15, 0.2) is 0 Å². The average Bonchev–Trinajstić information content (AvgIpc) is 2.42. The van der Waals surface area contributed by atoms with E-state index >= 15 is 0 Å². The Kier molecular flexibility index (Phi) is 4.10. The third-order valence-corrected chi connectivity index (χ3v) is 3.46. The molecule has 0 saturated carbocycles. The minimum atomic E-state index is -0.984. The van der Waals surface area contributed by atoms with Crippen molar-refractivity contribution in [2.75, 3.05) is 5.75 Å². The fourth-order valence-corrected chi connectivity index (χ4v) is 2.59. The number of carbonyl (C=O) groups excluding carboxylic acids is 1. The number of nitrogens with zero attached hydrogens (tertiary/aromatic N) is 1. The zero-order valence-corrected chi connectivity index (χ0v) is 10.2. The van der Waals surface area contributed by atoms with Crippen LogP contribution in [0.1, 0.15) is 20.3 Å². The summed E-state index contributed by atoms with van der Waals surface area (Å²) in [6.07, 6.45) is 0.432. The second-order valence-electron chi connectivity index (χ2n) is 3.80. The molecular formula is C9H13NO3S2. The summed E-state index contributed by atoms with van der Waals surface area (Å²) in [5.74, 6) is -0.701. The first kappa shape index (κ1) is 12.4. The van der Waals surface area contributed by atoms with Gasteiger partial charge in [0.1, 0.15) is 10.4 Å². The van der Waals surface area contributed by atoms with Gasteiger partial charge >= 0.3 is 5.97 Å². The molecule has 15 heavy (non-hydrogen) atoms. The van der Waals surface area contributed by atoms with Crippen LogP contribution in [-0.2, 0) is 9.59 Å². The van der Waals surface area contributed by atoms with E-state index in [-0.39, 0.29) is 17.6 Å². The molecule has 0 aliphatic carbocycles. The molecule has 84 valence electrons. The lowest BCUT2D eigenvalue weighted by molar-refractivity contribution is -0.146. The van der Waals surface area contributed by atoms with E-state index in [1.165, 1.54) is 16.7 Å². The van der Waals surface area contributed by atoms with Crippen LogP contribution in [0.3, 0.4) is 0 Å². The second kappa shape index (κ2) is 4.94. The molecule has 0 aromatic carbocycles. The van der Waals surface area contributed by atoms with Gasteiger partial charge in [-0.25, -0.2) is 4.79 Å². The van der Waals surface area contributed by atoms with E-state index in [4.69, 9.17) is 17.3 Å². The summed E-state index contributed by atoms with van der Waals surface area (Å²) in [6.45, 7) is 3.85. The van der Waals surface area contributed by atoms with Gasteiger partial charge in [0.25, 0.3) is 0 Å². The first-order valence-electron chi connectivity index (χ1n) is 4.65. The first-order chi connectivity index (χ1) is 6.93. The lowest BCUT2D eigenvalue weighted by atomic mass is 10.0. The molecule has 1 atom stereocenters. The molecule has 0 spiro atoms. The summed E-state index contributed by atoms with van der Waals surface area (Å²) in [5, 5.41) is 9.06. The van der Waals surface area contributed by atoms with Crippen molar-refractivity contribution in [3.8, 4) is 0 Å². The van der Waals surface area contributed by atoms with Gasteiger partial charge in [-0.2, -0.15) is 0 Å². The maximum atomic E-state index is 11.5. The summed E-state index contributed by atoms with van der Waals surface area (Å²) < 4.78 is 0.382. The zero-order chi connectivity index (χ0) is 11.6. The smallest absolute Gasteiger partial charge is 0.326 e. The molecule has 1 heterocycles. The molecule has 1 aliphatic rings. The van der Waals surface area contributed by atoms with Gasteiger partial charge < -0.3 is 5.11 Å². The van der Waals surface area contributed by atoms with Crippen LogP contribution in [-0.4, -0.2) is 38.0 Å². The van der Waals surface area contributed by atoms with Crippen molar-refractivity contribution < 1.29 is 14.7 Å². The number of thiocarbonyl (C=S) groups is 1. The minimum Gasteiger partial charge on any atom is -0.480 e. The summed E-state index contributed by atoms with van der Waals surface area (Å²) in [7, 11) is 0. The summed E-state index contributed by atoms with van der Waals surface area (Å²) in [5.41, 5.74) is 0. The van der Waals surface area contributed by atoms with E-state index in [9.17, 15) is 9.59 Å². The molecule has 1 fully saturated rings. The topological polar surface area (TPSA) is 57.6 Å². The number of carboxylic acids is 1. The maximum absolute atomic E-state index is 11.5. The highest BCUT2D eigenvalue weighted by Crippen LogP contribution is 2.24. The van der Waals surface area contributed by atoms with E-state index < -0.39 is 12.0 Å². The normalized spacial score (nSPS) is 18.7. The monoisotopic (exact) mass is 247 g/mol. The predicted molar refractivity (Wildman–Crippen MR) is 62.8 cm³/mol. The fourth-order valence-electron chi connectivity index (χ4n) is 1.43. The van der Waals surface area contributed by atoms with Gasteiger partial charge in [0, 0.05) is 0 Å². The number of rotatable bonds is 4. The third kappa shape index (κ3) is 2.92. The molecule has 1 saturated heterocycles. The van der Waals surface area contributed by atoms with Crippen molar-refractivity contribution >= 4 is 40.2 Å². The average molecular weight is 247 g/mol. The Hall–Kier alpha value is -0.620. The molecule has 0 aromatic heterocycles. The van der Waals surface area contributed by atoms with Gasteiger partial charge in [-0.1, -0.05) is 37.8 Å². The zero-order valence-electron chi connectivity index (χ0n) is 8.60. The number of thioether (sulfide) groups is 1. The molecule has 1 aliphatic heterocycles. The number of carbonyl (C=O) groups is 2. The van der Waals surface area contributed by atoms with E-state index in [1.807, 2.05) is 13.8 Å². The molecule has 1 amide bonds. The van der Waals surface area contributed by atoms with E-state index in [0.29, 0.717) is 10.7 Å². The molecule has 1 N–H and O–H groups in total. The van der Waals surface area contributed by atoms with Crippen LogP contribution in [0.2, 0.25) is 0 Å². The number of hydrogen-bond donors (Lipinski definition) is 1. The Morgan fingerprint density at radius 2 is 2.27 bits per heavy atom. The van der Waals surface area contributed by atoms with Gasteiger partial charge in [-0.15, -0.1) is 0 Å². The Morgan fingerprint density at radius 1 is 1.67 bits per heavy atom. The lowest BCUT2D eigenvalue weighted by Crippen LogP contribution is -2.44. The molecule has 1 unspecified atom stereocenters. The minimum absolute atomic E-state index is 0.196. The van der Waals surface area contributed by atoms with Gasteiger partial charge in [0.15, 0.2) is 0 Å². The molecule has 1 rings (SSSR count). The molecule has 4 nitrogen and oxygen atoms in total. The summed E-state index contributed by atoms with van der Waals surface area (Å²) in [6, 6.07) is -0.806. The van der Waals surface area contributed by atoms with Gasteiger partial charge in [0.2, 0.25) is 5.91 Å². The quantitative estimate of drug-likeness (QED) is 0.760. The van der Waals surface area contributed by atoms with Crippen molar-refractivity contribution in [3.63, 3.8) is 0 Å². The highest BCUT2D eigenvalue weighted by molar-refractivity contribution is 8.23. The van der Waals surface area contributed by atoms with Gasteiger partial charge in [0.05, 0.1) is 5.75 Å². The molecule has 0 bridgehead atoms. The number of amides is 1. The summed E-state index contributed by atoms with van der Waals surface area (Å²) in [4.78, 5) is 23.8. The van der Waals surface area contributed by atoms with Crippen LogP contribution in [0, 0.1) is 5.92 Å². The van der Waals surface area contributed by atoms with Crippen LogP contribution < -0.4 is 0 Å². The first-order valence-corrected chi connectivity index (χ1v) is 6.04. The van der Waals surface area contributed by atoms with Gasteiger partial charge in [-0.05, 0) is 12.3 Å². The van der Waals surface area contributed by atoms with Crippen molar-refractivity contribution in [2.24, 2.45) is 5.92 Å². The number of aliphatic carboxylic acids is 1. The second-order valence-corrected chi connectivity index (χ2v) is 5.41. The Morgan fingerprint density at radius 3 is 2.60 bits per heavy atom. The van der Waals surface area contributed by atoms with E-state index in [0.717, 1.165) is 0 Å². The Bertz CT molecular complexity index is 288. The maximum Gasteiger partial charge on any atom is 0.326 e. The van der Waals surface area contributed by atoms with Crippen molar-refractivity contribution in [3.05, 3.63) is 0 Å². The highest BCUT2D eigenvalue weighted by Gasteiger charge is 2.37. The number of hydrogen-bond acceptors (Lipinski definition) is 4. The van der Waals surface area contributed by atoms with E-state index in [2.05, 4.69) is 0 Å². The van der Waals surface area contributed by atoms with Crippen molar-refractivity contribution in [1.29, 1.82) is 0 Å². The fraction of sp³-hybridized carbons (Fsp3) is 0.667. The highest BCUT2D eigenvalue weighted by atomic mass is 32.2. The van der Waals surface area contributed by atoms with Crippen molar-refractivity contribution in [2.45, 2.75) is 26.3 Å². The molecule has 6 heteroatoms. The standard InChI is InChI=1S/C9H13NO3S2/c1-5(2)3-6(8(12)13)10-7(11)4-15-9(10)14/h5-6H,3-4H2,1-2H3,(H,12,13). The van der Waals surface area contributed by atoms with E-state index in [1.54, 1.807) is 0 Å². The largest absolute Gasteiger partial charge is 0.480 e. The SMILES string of the molecule is CC(C)CC(C(=O)O)N1C(=O)CSC1=S. The summed E-state index contributed by atoms with van der Waals surface area (Å²) >= 11 is 6.20. The molecular weight excluding hydrogens is 234 g/mol. The Balaban J connectivity index is 2.83. The third-order valence-electron chi connectivity index (χ3n) is 2.08. The number of carboxylic acid groups (broad SMARTS) is 1. The van der Waals surface area contributed by atoms with Crippen LogP contribution in [0.25, 0.3) is 0 Å². The van der Waals surface area contributed by atoms with Crippen LogP contribution in [0.4, 0.5) is 0 Å². The molecule has 0 radical (unpaired) electrons. The predicted octanol–water partition coefficient (Wildman–Crippen LogP) is 1.35. The van der Waals surface area contributed by atoms with Gasteiger partial charge in [-0.3, -0.25) is 9.69 Å². The van der Waals surface area contributed by atoms with Crippen LogP contribution >= 0.6 is 24.0 Å². The van der Waals surface area contributed by atoms with Crippen LogP contribution in [0.5, 0.6) is 0 Å². The van der Waals surface area contributed by atoms with Crippen molar-refractivity contribution in [1.82, 2.24) is 4.90 Å². The molecule has 0 aromatic rings.